The van der Waals surface area contributed by atoms with Gasteiger partial charge in [0.05, 0.1) is 6.04 Å². The fraction of sp³-hybridized carbons (Fsp3) is 0.294. The van der Waals surface area contributed by atoms with Gasteiger partial charge in [0.2, 0.25) is 0 Å². The topological polar surface area (TPSA) is 38.0 Å². The molecular formula is C17H21FN2. The second-order valence-corrected chi connectivity index (χ2v) is 5.27. The van der Waals surface area contributed by atoms with Gasteiger partial charge >= 0.3 is 0 Å². The zero-order valence-corrected chi connectivity index (χ0v) is 12.2. The van der Waals surface area contributed by atoms with E-state index in [0.29, 0.717) is 17.5 Å². The van der Waals surface area contributed by atoms with Gasteiger partial charge in [-0.1, -0.05) is 36.4 Å². The molecule has 106 valence electrons. The number of rotatable bonds is 4. The average Bonchev–Trinajstić information content (AvgIpc) is 2.42. The molecule has 1 atom stereocenters. The summed E-state index contributed by atoms with van der Waals surface area (Å²) in [5, 5.41) is 0. The van der Waals surface area contributed by atoms with Crippen LogP contribution in [-0.2, 0) is 6.42 Å². The van der Waals surface area contributed by atoms with E-state index in [1.54, 1.807) is 19.1 Å². The van der Waals surface area contributed by atoms with Crippen LogP contribution >= 0.6 is 0 Å². The van der Waals surface area contributed by atoms with Gasteiger partial charge in [0, 0.05) is 5.56 Å². The normalized spacial score (nSPS) is 12.4. The van der Waals surface area contributed by atoms with Crippen molar-refractivity contribution in [3.8, 4) is 0 Å². The molecule has 0 radical (unpaired) electrons. The zero-order chi connectivity index (χ0) is 14.7. The lowest BCUT2D eigenvalue weighted by Gasteiger charge is -2.20. The molecule has 3 heteroatoms. The van der Waals surface area contributed by atoms with Gasteiger partial charge < -0.3 is 0 Å². The molecule has 2 nitrogen and oxygen atoms in total. The molecule has 0 aliphatic carbocycles. The summed E-state index contributed by atoms with van der Waals surface area (Å²) < 4.78 is 14.2. The zero-order valence-electron chi connectivity index (χ0n) is 12.2. The monoisotopic (exact) mass is 272 g/mol. The highest BCUT2D eigenvalue weighted by molar-refractivity contribution is 5.36. The maximum atomic E-state index is 14.2. The van der Waals surface area contributed by atoms with E-state index >= 15 is 0 Å². The molecule has 0 amide bonds. The molecule has 0 spiro atoms. The van der Waals surface area contributed by atoms with E-state index in [4.69, 9.17) is 5.84 Å². The van der Waals surface area contributed by atoms with Crippen molar-refractivity contribution >= 4 is 0 Å². The first kappa shape index (κ1) is 14.7. The minimum Gasteiger partial charge on any atom is -0.271 e. The molecule has 1 unspecified atom stereocenters. The molecule has 2 rings (SSSR count). The molecule has 0 heterocycles. The SMILES string of the molecule is Cc1cccc(C(Cc2c(C)cccc2C)NN)c1F. The van der Waals surface area contributed by atoms with Crippen LogP contribution in [0.4, 0.5) is 4.39 Å². The van der Waals surface area contributed by atoms with Crippen molar-refractivity contribution in [1.29, 1.82) is 0 Å². The van der Waals surface area contributed by atoms with Crippen molar-refractivity contribution in [3.63, 3.8) is 0 Å². The number of halogens is 1. The van der Waals surface area contributed by atoms with Gasteiger partial charge in [0.1, 0.15) is 5.82 Å². The Labute approximate surface area is 119 Å². The third-order valence-corrected chi connectivity index (χ3v) is 3.85. The van der Waals surface area contributed by atoms with E-state index in [1.807, 2.05) is 12.1 Å². The highest BCUT2D eigenvalue weighted by atomic mass is 19.1. The quantitative estimate of drug-likeness (QED) is 0.660. The van der Waals surface area contributed by atoms with E-state index in [0.717, 1.165) is 0 Å². The Morgan fingerprint density at radius 1 is 1.00 bits per heavy atom. The Kier molecular flexibility index (Phi) is 4.53. The van der Waals surface area contributed by atoms with Crippen LogP contribution in [0, 0.1) is 26.6 Å². The Bertz CT molecular complexity index is 588. The number of nitrogens with two attached hydrogens (primary N) is 1. The Morgan fingerprint density at radius 3 is 2.15 bits per heavy atom. The first-order valence-electron chi connectivity index (χ1n) is 6.80. The third kappa shape index (κ3) is 2.89. The van der Waals surface area contributed by atoms with E-state index in [9.17, 15) is 4.39 Å². The van der Waals surface area contributed by atoms with Crippen LogP contribution in [0.5, 0.6) is 0 Å². The van der Waals surface area contributed by atoms with E-state index in [1.165, 1.54) is 16.7 Å². The van der Waals surface area contributed by atoms with Gasteiger partial charge in [0.15, 0.2) is 0 Å². The lowest BCUT2D eigenvalue weighted by molar-refractivity contribution is 0.506. The highest BCUT2D eigenvalue weighted by Crippen LogP contribution is 2.25. The summed E-state index contributed by atoms with van der Waals surface area (Å²) in [6.07, 6.45) is 0.676. The molecule has 3 N–H and O–H groups in total. The molecule has 0 aliphatic rings. The fourth-order valence-electron chi connectivity index (χ4n) is 2.57. The van der Waals surface area contributed by atoms with Crippen molar-refractivity contribution < 1.29 is 4.39 Å². The maximum absolute atomic E-state index is 14.2. The van der Waals surface area contributed by atoms with Crippen LogP contribution in [0.3, 0.4) is 0 Å². The van der Waals surface area contributed by atoms with Crippen molar-refractivity contribution in [2.75, 3.05) is 0 Å². The number of nitrogens with one attached hydrogen (secondary N) is 1. The van der Waals surface area contributed by atoms with E-state index < -0.39 is 0 Å². The molecule has 20 heavy (non-hydrogen) atoms. The predicted octanol–water partition coefficient (Wildman–Crippen LogP) is 3.50. The standard InChI is InChI=1S/C17H21FN2/c1-11-6-4-7-12(2)15(11)10-16(20-19)14-9-5-8-13(3)17(14)18/h4-9,16,20H,10,19H2,1-3H3. The van der Waals surface area contributed by atoms with Gasteiger partial charge in [-0.25, -0.2) is 4.39 Å². The fourth-order valence-corrected chi connectivity index (χ4v) is 2.57. The molecule has 0 bridgehead atoms. The van der Waals surface area contributed by atoms with E-state index in [-0.39, 0.29) is 11.9 Å². The van der Waals surface area contributed by atoms with Gasteiger partial charge in [-0.3, -0.25) is 11.3 Å². The molecule has 0 fully saturated rings. The Morgan fingerprint density at radius 2 is 1.55 bits per heavy atom. The lowest BCUT2D eigenvalue weighted by Crippen LogP contribution is -2.30. The average molecular weight is 272 g/mol. The van der Waals surface area contributed by atoms with Crippen molar-refractivity contribution in [1.82, 2.24) is 5.43 Å². The van der Waals surface area contributed by atoms with Gasteiger partial charge in [-0.15, -0.1) is 0 Å². The molecule has 0 saturated carbocycles. The second kappa shape index (κ2) is 6.16. The van der Waals surface area contributed by atoms with Crippen molar-refractivity contribution in [2.45, 2.75) is 33.2 Å². The highest BCUT2D eigenvalue weighted by Gasteiger charge is 2.17. The van der Waals surface area contributed by atoms with Crippen LogP contribution in [0.2, 0.25) is 0 Å². The molecular weight excluding hydrogens is 251 g/mol. The second-order valence-electron chi connectivity index (χ2n) is 5.27. The molecule has 0 saturated heterocycles. The van der Waals surface area contributed by atoms with Crippen LogP contribution in [0.1, 0.15) is 33.9 Å². The summed E-state index contributed by atoms with van der Waals surface area (Å²) in [5.41, 5.74) is 7.65. The van der Waals surface area contributed by atoms with Gasteiger partial charge in [-0.2, -0.15) is 0 Å². The van der Waals surface area contributed by atoms with Crippen LogP contribution in [0.15, 0.2) is 36.4 Å². The number of aryl methyl sites for hydroxylation is 3. The minimum absolute atomic E-state index is 0.179. The summed E-state index contributed by atoms with van der Waals surface area (Å²) in [7, 11) is 0. The van der Waals surface area contributed by atoms with Gasteiger partial charge in [0.25, 0.3) is 0 Å². The number of hydrogen-bond acceptors (Lipinski definition) is 2. The summed E-state index contributed by atoms with van der Waals surface area (Å²) in [4.78, 5) is 0. The summed E-state index contributed by atoms with van der Waals surface area (Å²) in [5.74, 6) is 5.48. The van der Waals surface area contributed by atoms with Gasteiger partial charge in [-0.05, 0) is 49.4 Å². The molecule has 2 aromatic rings. The molecule has 0 aromatic heterocycles. The number of hydrogen-bond donors (Lipinski definition) is 2. The van der Waals surface area contributed by atoms with Crippen molar-refractivity contribution in [2.24, 2.45) is 5.84 Å². The van der Waals surface area contributed by atoms with Crippen LogP contribution in [0.25, 0.3) is 0 Å². The summed E-state index contributed by atoms with van der Waals surface area (Å²) in [6, 6.07) is 11.4. The third-order valence-electron chi connectivity index (χ3n) is 3.85. The predicted molar refractivity (Wildman–Crippen MR) is 80.8 cm³/mol. The molecule has 2 aromatic carbocycles. The minimum atomic E-state index is -0.227. The van der Waals surface area contributed by atoms with Crippen molar-refractivity contribution in [3.05, 3.63) is 70.0 Å². The first-order valence-corrected chi connectivity index (χ1v) is 6.80. The van der Waals surface area contributed by atoms with Crippen LogP contribution in [-0.4, -0.2) is 0 Å². The first-order chi connectivity index (χ1) is 9.54. The van der Waals surface area contributed by atoms with Crippen LogP contribution < -0.4 is 11.3 Å². The Hall–Kier alpha value is -1.71. The van der Waals surface area contributed by atoms with E-state index in [2.05, 4.69) is 31.4 Å². The lowest BCUT2D eigenvalue weighted by atomic mass is 9.92. The maximum Gasteiger partial charge on any atom is 0.130 e. The summed E-state index contributed by atoms with van der Waals surface area (Å²) >= 11 is 0. The summed E-state index contributed by atoms with van der Waals surface area (Å²) in [6.45, 7) is 5.91. The Balaban J connectivity index is 2.37. The molecule has 0 aliphatic heterocycles. The largest absolute Gasteiger partial charge is 0.271 e. The number of hydrazine groups is 1. The number of benzene rings is 2. The smallest absolute Gasteiger partial charge is 0.130 e.